The van der Waals surface area contributed by atoms with E-state index >= 15 is 0 Å². The van der Waals surface area contributed by atoms with Gasteiger partial charge in [-0.05, 0) is 17.4 Å². The molecule has 0 spiro atoms. The average molecular weight is 209 g/mol. The number of carbonyl (C=O) groups excluding carboxylic acids is 1. The highest BCUT2D eigenvalue weighted by Crippen LogP contribution is 2.30. The van der Waals surface area contributed by atoms with E-state index in [0.717, 1.165) is 16.3 Å². The van der Waals surface area contributed by atoms with E-state index in [1.165, 1.54) is 0 Å². The van der Waals surface area contributed by atoms with Crippen LogP contribution in [0.2, 0.25) is 0 Å². The van der Waals surface area contributed by atoms with Crippen LogP contribution in [0.1, 0.15) is 5.56 Å². The first-order valence-corrected chi connectivity index (χ1v) is 5.06. The maximum atomic E-state index is 10.5. The molecule has 0 N–H and O–H groups in total. The molecule has 2 aromatic rings. The molecule has 0 aliphatic heterocycles. The third-order valence-corrected chi connectivity index (χ3v) is 2.51. The Morgan fingerprint density at radius 2 is 2.06 bits per heavy atom. The Balaban J connectivity index is 2.77. The van der Waals surface area contributed by atoms with Gasteiger partial charge in [0.2, 0.25) is 6.08 Å². The van der Waals surface area contributed by atoms with E-state index in [1.807, 2.05) is 36.4 Å². The van der Waals surface area contributed by atoms with Crippen LogP contribution in [0, 0.1) is 0 Å². The molecule has 2 aromatic carbocycles. The molecule has 0 aliphatic carbocycles. The molecule has 0 atom stereocenters. The molecule has 2 rings (SSSR count). The molecule has 0 saturated carbocycles. The summed E-state index contributed by atoms with van der Waals surface area (Å²) < 4.78 is 0. The fourth-order valence-electron chi connectivity index (χ4n) is 1.80. The summed E-state index contributed by atoms with van der Waals surface area (Å²) in [6.45, 7) is 3.70. The summed E-state index contributed by atoms with van der Waals surface area (Å²) in [4.78, 5) is 14.3. The first-order valence-electron chi connectivity index (χ1n) is 5.06. The third-order valence-electron chi connectivity index (χ3n) is 2.51. The van der Waals surface area contributed by atoms with Crippen LogP contribution in [0.3, 0.4) is 0 Å². The van der Waals surface area contributed by atoms with Crippen molar-refractivity contribution in [3.05, 3.63) is 54.6 Å². The van der Waals surface area contributed by atoms with E-state index in [-0.39, 0.29) is 0 Å². The van der Waals surface area contributed by atoms with Crippen LogP contribution in [0.25, 0.3) is 10.8 Å². The predicted molar refractivity (Wildman–Crippen MR) is 65.6 cm³/mol. The second kappa shape index (κ2) is 4.56. The lowest BCUT2D eigenvalue weighted by Gasteiger charge is -2.05. The number of hydrogen-bond acceptors (Lipinski definition) is 2. The van der Waals surface area contributed by atoms with Crippen molar-refractivity contribution in [1.82, 2.24) is 0 Å². The van der Waals surface area contributed by atoms with E-state index in [9.17, 15) is 4.79 Å². The van der Waals surface area contributed by atoms with Crippen molar-refractivity contribution >= 4 is 22.5 Å². The molecular weight excluding hydrogens is 198 g/mol. The summed E-state index contributed by atoms with van der Waals surface area (Å²) >= 11 is 0. The number of allylic oxidation sites excluding steroid dienone is 1. The zero-order valence-electron chi connectivity index (χ0n) is 8.81. The lowest BCUT2D eigenvalue weighted by atomic mass is 10.0. The van der Waals surface area contributed by atoms with Crippen LogP contribution in [0.4, 0.5) is 5.69 Å². The molecule has 0 unspecified atom stereocenters. The highest BCUT2D eigenvalue weighted by atomic mass is 16.1. The van der Waals surface area contributed by atoms with Crippen LogP contribution in [-0.2, 0) is 11.2 Å². The highest BCUT2D eigenvalue weighted by molar-refractivity contribution is 5.94. The van der Waals surface area contributed by atoms with Gasteiger partial charge in [-0.15, -0.1) is 6.58 Å². The quantitative estimate of drug-likeness (QED) is 0.432. The molecule has 0 amide bonds. The standard InChI is InChI=1S/C14H11NO/c1-2-5-12-9-8-11-6-3-4-7-13(11)14(12)15-10-16/h2-4,6-9H,1,5H2. The number of benzene rings is 2. The minimum Gasteiger partial charge on any atom is -0.211 e. The molecule has 0 heterocycles. The van der Waals surface area contributed by atoms with Crippen LogP contribution < -0.4 is 0 Å². The lowest BCUT2D eigenvalue weighted by Crippen LogP contribution is -1.84. The Kier molecular flexibility index (Phi) is 2.95. The van der Waals surface area contributed by atoms with E-state index in [4.69, 9.17) is 0 Å². The molecule has 0 aromatic heterocycles. The van der Waals surface area contributed by atoms with Crippen molar-refractivity contribution < 1.29 is 4.79 Å². The smallest absolute Gasteiger partial charge is 0.211 e. The average Bonchev–Trinajstić information content (AvgIpc) is 2.32. The van der Waals surface area contributed by atoms with E-state index in [0.29, 0.717) is 12.1 Å². The van der Waals surface area contributed by atoms with Crippen molar-refractivity contribution in [2.45, 2.75) is 6.42 Å². The van der Waals surface area contributed by atoms with Gasteiger partial charge in [0, 0.05) is 5.39 Å². The second-order valence-electron chi connectivity index (χ2n) is 3.49. The third kappa shape index (κ3) is 1.79. The largest absolute Gasteiger partial charge is 0.240 e. The Labute approximate surface area is 93.9 Å². The topological polar surface area (TPSA) is 29.4 Å². The molecule has 0 aliphatic rings. The summed E-state index contributed by atoms with van der Waals surface area (Å²) in [5.41, 5.74) is 1.70. The van der Waals surface area contributed by atoms with Crippen LogP contribution in [0.5, 0.6) is 0 Å². The SMILES string of the molecule is C=CCc1ccc2ccccc2c1N=C=O. The van der Waals surface area contributed by atoms with Crippen LogP contribution in [-0.4, -0.2) is 6.08 Å². The Bertz CT molecular complexity index is 580. The van der Waals surface area contributed by atoms with Crippen LogP contribution >= 0.6 is 0 Å². The van der Waals surface area contributed by atoms with Gasteiger partial charge in [-0.1, -0.05) is 42.5 Å². The minimum atomic E-state index is 0.700. The lowest BCUT2D eigenvalue weighted by molar-refractivity contribution is 0.565. The Morgan fingerprint density at radius 3 is 2.81 bits per heavy atom. The van der Waals surface area contributed by atoms with Gasteiger partial charge in [0.1, 0.15) is 0 Å². The zero-order chi connectivity index (χ0) is 11.4. The van der Waals surface area contributed by atoms with E-state index < -0.39 is 0 Å². The number of hydrogen-bond donors (Lipinski definition) is 0. The van der Waals surface area contributed by atoms with Crippen molar-refractivity contribution in [1.29, 1.82) is 0 Å². The maximum absolute atomic E-state index is 10.5. The van der Waals surface area contributed by atoms with E-state index in [1.54, 1.807) is 12.2 Å². The number of fused-ring (bicyclic) bond motifs is 1. The molecule has 0 bridgehead atoms. The molecule has 2 nitrogen and oxygen atoms in total. The summed E-state index contributed by atoms with van der Waals surface area (Å²) in [7, 11) is 0. The summed E-state index contributed by atoms with van der Waals surface area (Å²) in [6.07, 6.45) is 4.11. The normalized spacial score (nSPS) is 9.75. The van der Waals surface area contributed by atoms with Gasteiger partial charge >= 0.3 is 0 Å². The first-order chi connectivity index (χ1) is 7.86. The van der Waals surface area contributed by atoms with Crippen molar-refractivity contribution in [2.24, 2.45) is 4.99 Å². The van der Waals surface area contributed by atoms with Crippen molar-refractivity contribution in [2.75, 3.05) is 0 Å². The van der Waals surface area contributed by atoms with Gasteiger partial charge < -0.3 is 0 Å². The number of isocyanates is 1. The first kappa shape index (κ1) is 10.3. The molecular formula is C14H11NO. The summed E-state index contributed by atoms with van der Waals surface area (Å²) in [6, 6.07) is 11.8. The summed E-state index contributed by atoms with van der Waals surface area (Å²) in [5, 5.41) is 2.05. The number of nitrogens with zero attached hydrogens (tertiary/aromatic N) is 1. The Hall–Kier alpha value is -2.18. The molecule has 2 heteroatoms. The fourth-order valence-corrected chi connectivity index (χ4v) is 1.80. The molecule has 0 fully saturated rings. The Morgan fingerprint density at radius 1 is 1.25 bits per heavy atom. The minimum absolute atomic E-state index is 0.700. The van der Waals surface area contributed by atoms with Crippen molar-refractivity contribution in [3.8, 4) is 0 Å². The number of rotatable bonds is 3. The van der Waals surface area contributed by atoms with E-state index in [2.05, 4.69) is 11.6 Å². The fraction of sp³-hybridized carbons (Fsp3) is 0.0714. The maximum Gasteiger partial charge on any atom is 0.240 e. The van der Waals surface area contributed by atoms with Gasteiger partial charge in [0.25, 0.3) is 0 Å². The highest BCUT2D eigenvalue weighted by Gasteiger charge is 2.05. The predicted octanol–water partition coefficient (Wildman–Crippen LogP) is 3.54. The number of aliphatic imine (C=N–C) groups is 1. The molecule has 78 valence electrons. The monoisotopic (exact) mass is 209 g/mol. The van der Waals surface area contributed by atoms with Gasteiger partial charge in [0.05, 0.1) is 5.69 Å². The van der Waals surface area contributed by atoms with Crippen LogP contribution in [0.15, 0.2) is 54.0 Å². The zero-order valence-corrected chi connectivity index (χ0v) is 8.81. The molecule has 0 saturated heterocycles. The molecule has 0 radical (unpaired) electrons. The molecule has 16 heavy (non-hydrogen) atoms. The second-order valence-corrected chi connectivity index (χ2v) is 3.49. The van der Waals surface area contributed by atoms with Crippen molar-refractivity contribution in [3.63, 3.8) is 0 Å². The van der Waals surface area contributed by atoms with Gasteiger partial charge in [-0.3, -0.25) is 0 Å². The van der Waals surface area contributed by atoms with Gasteiger partial charge in [0.15, 0.2) is 0 Å². The van der Waals surface area contributed by atoms with Gasteiger partial charge in [-0.25, -0.2) is 4.79 Å². The summed E-state index contributed by atoms with van der Waals surface area (Å²) in [5.74, 6) is 0. The van der Waals surface area contributed by atoms with Gasteiger partial charge in [-0.2, -0.15) is 4.99 Å².